The molecule has 1 aliphatic heterocycles. The van der Waals surface area contributed by atoms with Crippen molar-refractivity contribution in [2.24, 2.45) is 0 Å². The van der Waals surface area contributed by atoms with Gasteiger partial charge in [-0.05, 0) is 10.8 Å². The number of hydrogen-bond acceptors (Lipinski definition) is 2. The van der Waals surface area contributed by atoms with E-state index in [0.717, 1.165) is 5.75 Å². The van der Waals surface area contributed by atoms with Crippen LogP contribution in [0.4, 0.5) is 0 Å². The van der Waals surface area contributed by atoms with Crippen LogP contribution in [0.2, 0.25) is 0 Å². The van der Waals surface area contributed by atoms with Gasteiger partial charge >= 0.3 is 0 Å². The van der Waals surface area contributed by atoms with Gasteiger partial charge in [-0.2, -0.15) is 4.40 Å². The predicted molar refractivity (Wildman–Crippen MR) is 27.1 cm³/mol. The number of hydrogen-bond donors (Lipinski definition) is 1. The minimum Gasteiger partial charge on any atom is -1.00 e. The quantitative estimate of drug-likeness (QED) is 0.278. The zero-order chi connectivity index (χ0) is 3.54. The van der Waals surface area contributed by atoms with E-state index in [9.17, 15) is 0 Å². The Balaban J connectivity index is 0.000000250. The Morgan fingerprint density at radius 2 is 2.50 bits per heavy atom. The average Bonchev–Trinajstić information content (AvgIpc) is 1.76. The van der Waals surface area contributed by atoms with Crippen molar-refractivity contribution in [2.75, 3.05) is 5.75 Å². The molecule has 0 amide bonds. The molecule has 0 aromatic heterocycles. The summed E-state index contributed by atoms with van der Waals surface area (Å²) in [6.45, 7) is 0. The first-order chi connectivity index (χ1) is 2.50. The first kappa shape index (κ1) is 6.66. The smallest absolute Gasteiger partial charge is 0.230 e. The fourth-order valence-corrected chi connectivity index (χ4v) is 1.53. The Hall–Kier alpha value is 0.660. The Morgan fingerprint density at radius 1 is 1.67 bits per heavy atom. The van der Waals surface area contributed by atoms with Crippen LogP contribution < -0.4 is 16.8 Å². The molecular formula is C2H4ClNS2. The molecule has 1 rings (SSSR count). The molecule has 0 aromatic rings. The predicted octanol–water partition coefficient (Wildman–Crippen LogP) is -3.55. The molecule has 0 spiro atoms. The topological polar surface area (TPSA) is 14.0 Å². The molecule has 0 fully saturated rings. The molecule has 4 heteroatoms. The van der Waals surface area contributed by atoms with E-state index in [1.165, 1.54) is 0 Å². The Morgan fingerprint density at radius 3 is 2.67 bits per heavy atom. The van der Waals surface area contributed by atoms with Crippen molar-refractivity contribution in [1.29, 1.82) is 0 Å². The molecule has 0 aliphatic carbocycles. The molecular weight excluding hydrogens is 138 g/mol. The Kier molecular flexibility index (Phi) is 4.26. The lowest BCUT2D eigenvalue weighted by atomic mass is 10.9. The SMILES string of the molecule is C1=[NH+]SSC1.[Cl-]. The highest BCUT2D eigenvalue weighted by Crippen LogP contribution is 2.10. The molecule has 1 N–H and O–H groups in total. The minimum absolute atomic E-state index is 0. The number of halogens is 1. The summed E-state index contributed by atoms with van der Waals surface area (Å²) in [5, 5.41) is 0. The van der Waals surface area contributed by atoms with Gasteiger partial charge in [0.15, 0.2) is 6.21 Å². The maximum atomic E-state index is 2.98. The summed E-state index contributed by atoms with van der Waals surface area (Å²) in [5.41, 5.74) is 0. The molecule has 36 valence electrons. The van der Waals surface area contributed by atoms with Gasteiger partial charge in [0.25, 0.3) is 0 Å². The van der Waals surface area contributed by atoms with Crippen molar-refractivity contribution >= 4 is 28.0 Å². The standard InChI is InChI=1S/C2H3NS2.ClH/c1-2-4-5-3-1;/h1H,2H2;1H. The molecule has 1 heterocycles. The first-order valence-electron chi connectivity index (χ1n) is 1.36. The van der Waals surface area contributed by atoms with Crippen molar-refractivity contribution in [2.45, 2.75) is 0 Å². The third-order valence-electron chi connectivity index (χ3n) is 0.342. The Bertz CT molecular complexity index is 49.5. The molecule has 1 aliphatic rings. The van der Waals surface area contributed by atoms with Crippen LogP contribution in [0.1, 0.15) is 0 Å². The second-order valence-electron chi connectivity index (χ2n) is 0.690. The average molecular weight is 142 g/mol. The lowest BCUT2D eigenvalue weighted by Gasteiger charge is -1.57. The highest BCUT2D eigenvalue weighted by atomic mass is 35.5. The van der Waals surface area contributed by atoms with E-state index in [1.807, 2.05) is 17.0 Å². The van der Waals surface area contributed by atoms with Crippen LogP contribution in [0.3, 0.4) is 0 Å². The summed E-state index contributed by atoms with van der Waals surface area (Å²) in [5.74, 6) is 1.14. The van der Waals surface area contributed by atoms with Crippen LogP contribution in [0, 0.1) is 0 Å². The second-order valence-corrected chi connectivity index (χ2v) is 2.87. The normalized spacial score (nSPS) is 17.3. The van der Waals surface area contributed by atoms with Crippen LogP contribution >= 0.6 is 21.8 Å². The largest absolute Gasteiger partial charge is 1.00 e. The number of nitrogens with one attached hydrogen (secondary N) is 1. The van der Waals surface area contributed by atoms with Gasteiger partial charge in [-0.1, -0.05) is 0 Å². The summed E-state index contributed by atoms with van der Waals surface area (Å²) in [4.78, 5) is 0. The molecule has 0 saturated carbocycles. The van der Waals surface area contributed by atoms with Crippen molar-refractivity contribution in [3.05, 3.63) is 0 Å². The molecule has 0 radical (unpaired) electrons. The van der Waals surface area contributed by atoms with Crippen LogP contribution in [0.25, 0.3) is 0 Å². The molecule has 1 nitrogen and oxygen atoms in total. The fraction of sp³-hybridized carbons (Fsp3) is 0.500. The van der Waals surface area contributed by atoms with E-state index in [2.05, 4.69) is 4.40 Å². The second kappa shape index (κ2) is 3.84. The van der Waals surface area contributed by atoms with Crippen LogP contribution in [-0.2, 0) is 0 Å². The summed E-state index contributed by atoms with van der Waals surface area (Å²) in [6.07, 6.45) is 2.04. The van der Waals surface area contributed by atoms with Gasteiger partial charge < -0.3 is 12.4 Å². The third kappa shape index (κ3) is 1.95. The first-order valence-corrected chi connectivity index (χ1v) is 3.68. The lowest BCUT2D eigenvalue weighted by molar-refractivity contribution is -0.231. The summed E-state index contributed by atoms with van der Waals surface area (Å²) >= 11 is 0. The van der Waals surface area contributed by atoms with Gasteiger partial charge in [0, 0.05) is 0 Å². The summed E-state index contributed by atoms with van der Waals surface area (Å²) < 4.78 is 2.98. The lowest BCUT2D eigenvalue weighted by Crippen LogP contribution is -3.00. The highest BCUT2D eigenvalue weighted by molar-refractivity contribution is 8.74. The molecule has 0 bridgehead atoms. The van der Waals surface area contributed by atoms with Crippen LogP contribution in [0.15, 0.2) is 0 Å². The van der Waals surface area contributed by atoms with E-state index in [4.69, 9.17) is 0 Å². The van der Waals surface area contributed by atoms with E-state index in [-0.39, 0.29) is 12.4 Å². The van der Waals surface area contributed by atoms with Gasteiger partial charge in [-0.25, -0.2) is 0 Å². The van der Waals surface area contributed by atoms with E-state index in [0.29, 0.717) is 0 Å². The zero-order valence-corrected chi connectivity index (χ0v) is 5.37. The van der Waals surface area contributed by atoms with Crippen molar-refractivity contribution in [3.63, 3.8) is 0 Å². The van der Waals surface area contributed by atoms with E-state index < -0.39 is 0 Å². The van der Waals surface area contributed by atoms with Gasteiger partial charge in [-0.3, -0.25) is 0 Å². The van der Waals surface area contributed by atoms with Crippen molar-refractivity contribution in [3.8, 4) is 0 Å². The third-order valence-corrected chi connectivity index (χ3v) is 2.08. The maximum Gasteiger partial charge on any atom is 0.230 e. The van der Waals surface area contributed by atoms with Gasteiger partial charge in [0.05, 0.1) is 5.75 Å². The van der Waals surface area contributed by atoms with E-state index in [1.54, 1.807) is 11.0 Å². The van der Waals surface area contributed by atoms with Gasteiger partial charge in [-0.15, -0.1) is 0 Å². The van der Waals surface area contributed by atoms with Crippen LogP contribution in [0.5, 0.6) is 0 Å². The van der Waals surface area contributed by atoms with Crippen molar-refractivity contribution < 1.29 is 16.8 Å². The van der Waals surface area contributed by atoms with Gasteiger partial charge in [0.1, 0.15) is 0 Å². The minimum atomic E-state index is 0. The fourth-order valence-electron chi connectivity index (χ4n) is 0.170. The van der Waals surface area contributed by atoms with Crippen molar-refractivity contribution in [1.82, 2.24) is 0 Å². The monoisotopic (exact) mass is 141 g/mol. The molecule has 0 atom stereocenters. The molecule has 0 aromatic carbocycles. The van der Waals surface area contributed by atoms with Gasteiger partial charge in [0.2, 0.25) is 11.0 Å². The number of rotatable bonds is 0. The molecule has 6 heavy (non-hydrogen) atoms. The maximum absolute atomic E-state index is 2.98. The molecule has 0 saturated heterocycles. The van der Waals surface area contributed by atoms with E-state index >= 15 is 0 Å². The zero-order valence-electron chi connectivity index (χ0n) is 2.98. The Labute approximate surface area is 50.9 Å². The van der Waals surface area contributed by atoms with Crippen LogP contribution in [-0.4, -0.2) is 12.0 Å². The summed E-state index contributed by atoms with van der Waals surface area (Å²) in [7, 11) is 3.51. The molecule has 0 unspecified atom stereocenters. The highest BCUT2D eigenvalue weighted by Gasteiger charge is 1.97. The summed E-state index contributed by atoms with van der Waals surface area (Å²) in [6, 6.07) is 0.